The Kier molecular flexibility index (Phi) is 5.55. The molecule has 0 aliphatic carbocycles. The second-order valence-electron chi connectivity index (χ2n) is 7.69. The fourth-order valence-electron chi connectivity index (χ4n) is 2.83. The number of aromatic nitrogens is 1. The van der Waals surface area contributed by atoms with Crippen LogP contribution in [0.4, 0.5) is 0 Å². The third kappa shape index (κ3) is 4.21. The van der Waals surface area contributed by atoms with Gasteiger partial charge in [-0.25, -0.2) is 4.79 Å². The summed E-state index contributed by atoms with van der Waals surface area (Å²) in [7, 11) is 0. The van der Waals surface area contributed by atoms with Gasteiger partial charge in [-0.2, -0.15) is 0 Å². The van der Waals surface area contributed by atoms with Crippen molar-refractivity contribution in [2.24, 2.45) is 5.41 Å². The van der Waals surface area contributed by atoms with Crippen molar-refractivity contribution in [2.45, 2.75) is 54.0 Å². The number of unbranched alkanes of at least 4 members (excludes halogenated alkanes) is 1. The Morgan fingerprint density at radius 2 is 1.92 bits per heavy atom. The Hall–Kier alpha value is -2.30. The molecule has 0 saturated carbocycles. The van der Waals surface area contributed by atoms with Gasteiger partial charge in [0.15, 0.2) is 11.4 Å². The van der Waals surface area contributed by atoms with E-state index < -0.39 is 5.97 Å². The summed E-state index contributed by atoms with van der Waals surface area (Å²) in [5, 5.41) is 10.9. The van der Waals surface area contributed by atoms with Crippen LogP contribution in [0.2, 0.25) is 0 Å². The molecular weight excluding hydrogens is 318 g/mol. The van der Waals surface area contributed by atoms with E-state index in [0.717, 1.165) is 18.4 Å². The minimum atomic E-state index is -1.14. The molecule has 0 unspecified atom stereocenters. The van der Waals surface area contributed by atoms with E-state index in [0.29, 0.717) is 29.7 Å². The van der Waals surface area contributed by atoms with E-state index in [4.69, 9.17) is 4.74 Å². The van der Waals surface area contributed by atoms with E-state index in [-0.39, 0.29) is 16.7 Å². The highest BCUT2D eigenvalue weighted by Gasteiger charge is 2.26. The first-order valence-electron chi connectivity index (χ1n) is 8.69. The summed E-state index contributed by atoms with van der Waals surface area (Å²) >= 11 is 0. The molecule has 2 aromatic rings. The van der Waals surface area contributed by atoms with E-state index in [1.54, 1.807) is 6.07 Å². The normalized spacial score (nSPS) is 11.7. The number of carbonyl (C=O) groups is 1. The Morgan fingerprint density at radius 1 is 1.24 bits per heavy atom. The zero-order valence-corrected chi connectivity index (χ0v) is 15.7. The summed E-state index contributed by atoms with van der Waals surface area (Å²) < 4.78 is 7.23. The van der Waals surface area contributed by atoms with Gasteiger partial charge in [-0.1, -0.05) is 45.7 Å². The molecule has 1 heterocycles. The molecule has 0 spiro atoms. The summed E-state index contributed by atoms with van der Waals surface area (Å²) in [6.07, 6.45) is 1.77. The van der Waals surface area contributed by atoms with Crippen molar-refractivity contribution in [1.82, 2.24) is 4.57 Å². The first-order valence-corrected chi connectivity index (χ1v) is 8.69. The number of carboxylic acids is 1. The second-order valence-corrected chi connectivity index (χ2v) is 7.69. The van der Waals surface area contributed by atoms with Gasteiger partial charge in [0.1, 0.15) is 0 Å². The van der Waals surface area contributed by atoms with Crippen LogP contribution >= 0.6 is 0 Å². The largest absolute Gasteiger partial charge is 0.490 e. The number of fused-ring (bicyclic) bond motifs is 1. The van der Waals surface area contributed by atoms with Crippen LogP contribution in [0.5, 0.6) is 5.75 Å². The average molecular weight is 345 g/mol. The highest BCUT2D eigenvalue weighted by Crippen LogP contribution is 2.30. The van der Waals surface area contributed by atoms with Gasteiger partial charge in [0.05, 0.1) is 12.0 Å². The molecule has 5 heteroatoms. The fourth-order valence-corrected chi connectivity index (χ4v) is 2.83. The molecule has 0 saturated heterocycles. The minimum absolute atomic E-state index is 0.0610. The first-order chi connectivity index (χ1) is 11.7. The quantitative estimate of drug-likeness (QED) is 0.795. The summed E-state index contributed by atoms with van der Waals surface area (Å²) in [4.78, 5) is 25.0. The zero-order valence-electron chi connectivity index (χ0n) is 15.7. The molecular formula is C20H27NO4. The lowest BCUT2D eigenvalue weighted by molar-refractivity contribution is 0.0675. The lowest BCUT2D eigenvalue weighted by Gasteiger charge is -2.24. The highest BCUT2D eigenvalue weighted by molar-refractivity contribution is 5.99. The maximum atomic E-state index is 13.0. The molecule has 0 bridgehead atoms. The molecule has 5 nitrogen and oxygen atoms in total. The number of aryl methyl sites for hydroxylation is 1. The molecule has 0 aliphatic rings. The van der Waals surface area contributed by atoms with Crippen LogP contribution in [0, 0.1) is 12.3 Å². The average Bonchev–Trinajstić information content (AvgIpc) is 2.49. The topological polar surface area (TPSA) is 68.5 Å². The van der Waals surface area contributed by atoms with Crippen molar-refractivity contribution < 1.29 is 14.6 Å². The number of hydrogen-bond acceptors (Lipinski definition) is 3. The number of aromatic carboxylic acids is 1. The molecule has 0 fully saturated rings. The van der Waals surface area contributed by atoms with Gasteiger partial charge in [-0.05, 0) is 30.9 Å². The van der Waals surface area contributed by atoms with Gasteiger partial charge in [0, 0.05) is 11.9 Å². The van der Waals surface area contributed by atoms with Crippen molar-refractivity contribution in [3.63, 3.8) is 0 Å². The van der Waals surface area contributed by atoms with Gasteiger partial charge in [-0.3, -0.25) is 9.36 Å². The Balaban J connectivity index is 2.84. The number of nitrogens with zero attached hydrogens (tertiary/aromatic N) is 1. The lowest BCUT2D eigenvalue weighted by atomic mass is 9.96. The van der Waals surface area contributed by atoms with E-state index in [1.807, 2.05) is 46.8 Å². The maximum Gasteiger partial charge on any atom is 0.356 e. The molecule has 0 radical (unpaired) electrons. The van der Waals surface area contributed by atoms with E-state index in [9.17, 15) is 14.7 Å². The highest BCUT2D eigenvalue weighted by atomic mass is 16.5. The van der Waals surface area contributed by atoms with Gasteiger partial charge in [0.25, 0.3) is 5.56 Å². The van der Waals surface area contributed by atoms with Crippen LogP contribution in [0.3, 0.4) is 0 Å². The summed E-state index contributed by atoms with van der Waals surface area (Å²) in [6, 6.07) is 5.44. The van der Waals surface area contributed by atoms with E-state index in [1.165, 1.54) is 4.57 Å². The Labute approximate surface area is 148 Å². The molecule has 0 aliphatic heterocycles. The van der Waals surface area contributed by atoms with Crippen LogP contribution in [0.15, 0.2) is 23.0 Å². The number of pyridine rings is 1. The van der Waals surface area contributed by atoms with Gasteiger partial charge >= 0.3 is 5.97 Å². The molecule has 136 valence electrons. The monoisotopic (exact) mass is 345 g/mol. The molecule has 2 rings (SSSR count). The van der Waals surface area contributed by atoms with Gasteiger partial charge in [-0.15, -0.1) is 0 Å². The molecule has 25 heavy (non-hydrogen) atoms. The SMILES string of the molecule is CCCCOc1c(C(=O)O)n(CC(C)(C)C)c(=O)c2ccc(C)cc12. The number of hydrogen-bond donors (Lipinski definition) is 1. The number of benzene rings is 1. The lowest BCUT2D eigenvalue weighted by Crippen LogP contribution is -2.32. The smallest absolute Gasteiger partial charge is 0.356 e. The van der Waals surface area contributed by atoms with E-state index >= 15 is 0 Å². The zero-order chi connectivity index (χ0) is 18.8. The molecule has 1 N–H and O–H groups in total. The molecule has 0 atom stereocenters. The molecule has 1 aromatic heterocycles. The Morgan fingerprint density at radius 3 is 2.48 bits per heavy atom. The van der Waals surface area contributed by atoms with Gasteiger partial charge < -0.3 is 9.84 Å². The predicted molar refractivity (Wildman–Crippen MR) is 99.8 cm³/mol. The minimum Gasteiger partial charge on any atom is -0.490 e. The predicted octanol–water partition coefficient (Wildman–Crippen LogP) is 4.23. The van der Waals surface area contributed by atoms with Crippen molar-refractivity contribution in [3.05, 3.63) is 39.8 Å². The third-order valence-corrected chi connectivity index (χ3v) is 3.96. The number of rotatable bonds is 6. The fraction of sp³-hybridized carbons (Fsp3) is 0.500. The standard InChI is InChI=1S/C20H27NO4/c1-6-7-10-25-17-15-11-13(2)8-9-14(15)18(22)21(12-20(3,4)5)16(17)19(23)24/h8-9,11H,6-7,10,12H2,1-5H3,(H,23,24). The summed E-state index contributed by atoms with van der Waals surface area (Å²) in [6.45, 7) is 10.6. The van der Waals surface area contributed by atoms with Gasteiger partial charge in [0.2, 0.25) is 0 Å². The maximum absolute atomic E-state index is 13.0. The number of carboxylic acid groups (broad SMARTS) is 1. The van der Waals surface area contributed by atoms with Crippen molar-refractivity contribution in [3.8, 4) is 5.75 Å². The van der Waals surface area contributed by atoms with Crippen molar-refractivity contribution in [2.75, 3.05) is 6.61 Å². The molecule has 0 amide bonds. The third-order valence-electron chi connectivity index (χ3n) is 3.96. The Bertz CT molecular complexity index is 843. The van der Waals surface area contributed by atoms with Crippen LogP contribution in [0.25, 0.3) is 10.8 Å². The van der Waals surface area contributed by atoms with Crippen molar-refractivity contribution >= 4 is 16.7 Å². The van der Waals surface area contributed by atoms with E-state index in [2.05, 4.69) is 0 Å². The van der Waals surface area contributed by atoms with Crippen molar-refractivity contribution in [1.29, 1.82) is 0 Å². The second kappa shape index (κ2) is 7.30. The molecule has 1 aromatic carbocycles. The van der Waals surface area contributed by atoms with Crippen LogP contribution in [-0.4, -0.2) is 22.2 Å². The van der Waals surface area contributed by atoms with Crippen LogP contribution in [-0.2, 0) is 6.54 Å². The number of ether oxygens (including phenoxy) is 1. The van der Waals surface area contributed by atoms with Crippen LogP contribution in [0.1, 0.15) is 56.6 Å². The summed E-state index contributed by atoms with van der Waals surface area (Å²) in [5.41, 5.74) is 0.365. The van der Waals surface area contributed by atoms with Crippen LogP contribution < -0.4 is 10.3 Å². The first kappa shape index (κ1) is 19.0. The summed E-state index contributed by atoms with van der Waals surface area (Å²) in [5.74, 6) is -0.847.